The third kappa shape index (κ3) is 3.21. The van der Waals surface area contributed by atoms with Gasteiger partial charge in [-0.1, -0.05) is 49.8 Å². The monoisotopic (exact) mass is 215 g/mol. The first-order valence-corrected chi connectivity index (χ1v) is 6.32. The van der Waals surface area contributed by atoms with Crippen molar-refractivity contribution >= 4 is 6.08 Å². The van der Waals surface area contributed by atoms with Gasteiger partial charge in [-0.2, -0.15) is 0 Å². The first-order chi connectivity index (χ1) is 7.88. The highest BCUT2D eigenvalue weighted by Crippen LogP contribution is 2.14. The van der Waals surface area contributed by atoms with Crippen molar-refractivity contribution in [3.63, 3.8) is 0 Å². The summed E-state index contributed by atoms with van der Waals surface area (Å²) < 4.78 is 0. The molecule has 1 nitrogen and oxygen atoms in total. The van der Waals surface area contributed by atoms with E-state index < -0.39 is 0 Å². The lowest BCUT2D eigenvalue weighted by Gasteiger charge is -2.19. The van der Waals surface area contributed by atoms with Gasteiger partial charge in [-0.3, -0.25) is 4.90 Å². The van der Waals surface area contributed by atoms with E-state index >= 15 is 0 Å². The lowest BCUT2D eigenvalue weighted by molar-refractivity contribution is 0.277. The Hall–Kier alpha value is -1.08. The van der Waals surface area contributed by atoms with Crippen LogP contribution in [0, 0.1) is 0 Å². The highest BCUT2D eigenvalue weighted by Gasteiger charge is 2.08. The first kappa shape index (κ1) is 11.4. The maximum absolute atomic E-state index is 3.78. The van der Waals surface area contributed by atoms with Gasteiger partial charge >= 0.3 is 0 Å². The first-order valence-electron chi connectivity index (χ1n) is 6.32. The number of nitrogens with zero attached hydrogens (tertiary/aromatic N) is 1. The van der Waals surface area contributed by atoms with Crippen molar-refractivity contribution in [1.82, 2.24) is 4.90 Å². The van der Waals surface area contributed by atoms with Crippen molar-refractivity contribution in [2.24, 2.45) is 0 Å². The molecule has 0 atom stereocenters. The van der Waals surface area contributed by atoms with Gasteiger partial charge in [0.1, 0.15) is 0 Å². The lowest BCUT2D eigenvalue weighted by atomic mass is 10.1. The third-order valence-corrected chi connectivity index (χ3v) is 3.32. The van der Waals surface area contributed by atoms with Gasteiger partial charge in [0.05, 0.1) is 0 Å². The van der Waals surface area contributed by atoms with Crippen LogP contribution in [0.25, 0.3) is 6.08 Å². The van der Waals surface area contributed by atoms with Gasteiger partial charge in [0.2, 0.25) is 0 Å². The zero-order valence-corrected chi connectivity index (χ0v) is 9.99. The van der Waals surface area contributed by atoms with Crippen LogP contribution in [0.3, 0.4) is 0 Å². The van der Waals surface area contributed by atoms with E-state index in [1.165, 1.54) is 49.9 Å². The molecule has 0 radical (unpaired) electrons. The minimum Gasteiger partial charge on any atom is -0.299 e. The van der Waals surface area contributed by atoms with E-state index in [9.17, 15) is 0 Å². The predicted octanol–water partition coefficient (Wildman–Crippen LogP) is 3.71. The molecule has 0 unspecified atom stereocenters. The molecule has 2 rings (SSSR count). The summed E-state index contributed by atoms with van der Waals surface area (Å²) in [6, 6.07) is 8.75. The summed E-state index contributed by atoms with van der Waals surface area (Å²) in [6.45, 7) is 7.42. The molecule has 0 aliphatic carbocycles. The molecule has 1 aliphatic heterocycles. The van der Waals surface area contributed by atoms with Crippen molar-refractivity contribution < 1.29 is 0 Å². The van der Waals surface area contributed by atoms with Crippen molar-refractivity contribution in [3.8, 4) is 0 Å². The van der Waals surface area contributed by atoms with Crippen molar-refractivity contribution in [1.29, 1.82) is 0 Å². The Morgan fingerprint density at radius 3 is 2.19 bits per heavy atom. The van der Waals surface area contributed by atoms with Crippen LogP contribution in [0.2, 0.25) is 0 Å². The van der Waals surface area contributed by atoms with Gasteiger partial charge in [0.15, 0.2) is 0 Å². The maximum Gasteiger partial charge on any atom is 0.0233 e. The number of likely N-dealkylation sites (tertiary alicyclic amines) is 1. The van der Waals surface area contributed by atoms with Crippen LogP contribution < -0.4 is 0 Å². The molecule has 1 saturated heterocycles. The summed E-state index contributed by atoms with van der Waals surface area (Å²) in [4.78, 5) is 2.58. The van der Waals surface area contributed by atoms with Crippen LogP contribution in [-0.4, -0.2) is 18.0 Å². The summed E-state index contributed by atoms with van der Waals surface area (Å²) in [7, 11) is 0. The van der Waals surface area contributed by atoms with E-state index in [0.29, 0.717) is 0 Å². The smallest absolute Gasteiger partial charge is 0.0233 e. The Labute approximate surface area is 98.8 Å². The molecule has 0 bridgehead atoms. The second-order valence-corrected chi connectivity index (χ2v) is 4.64. The van der Waals surface area contributed by atoms with Crippen LogP contribution in [0.4, 0.5) is 0 Å². The maximum atomic E-state index is 3.78. The van der Waals surface area contributed by atoms with E-state index in [-0.39, 0.29) is 0 Å². The molecule has 0 N–H and O–H groups in total. The molecule has 1 aromatic rings. The molecule has 1 heteroatoms. The van der Waals surface area contributed by atoms with Gasteiger partial charge in [-0.05, 0) is 37.1 Å². The normalized spacial score (nSPS) is 18.0. The molecule has 1 fully saturated rings. The average Bonchev–Trinajstić information content (AvgIpc) is 2.59. The van der Waals surface area contributed by atoms with Gasteiger partial charge < -0.3 is 0 Å². The number of rotatable bonds is 3. The summed E-state index contributed by atoms with van der Waals surface area (Å²) in [5.41, 5.74) is 2.63. The molecule has 1 heterocycles. The van der Waals surface area contributed by atoms with E-state index in [0.717, 1.165) is 6.54 Å². The van der Waals surface area contributed by atoms with Crippen molar-refractivity contribution in [2.75, 3.05) is 13.1 Å². The Morgan fingerprint density at radius 2 is 1.62 bits per heavy atom. The molecule has 86 valence electrons. The molecule has 0 saturated carbocycles. The van der Waals surface area contributed by atoms with Crippen molar-refractivity contribution in [3.05, 3.63) is 42.0 Å². The van der Waals surface area contributed by atoms with Gasteiger partial charge in [-0.25, -0.2) is 0 Å². The molecule has 0 amide bonds. The minimum absolute atomic E-state index is 1.11. The third-order valence-electron chi connectivity index (χ3n) is 3.32. The topological polar surface area (TPSA) is 3.24 Å². The highest BCUT2D eigenvalue weighted by atomic mass is 15.1. The largest absolute Gasteiger partial charge is 0.299 e. The quantitative estimate of drug-likeness (QED) is 0.743. The Bertz CT molecular complexity index is 318. The lowest BCUT2D eigenvalue weighted by Crippen LogP contribution is -2.23. The summed E-state index contributed by atoms with van der Waals surface area (Å²) in [5, 5.41) is 0. The highest BCUT2D eigenvalue weighted by molar-refractivity contribution is 5.47. The summed E-state index contributed by atoms with van der Waals surface area (Å²) in [5.74, 6) is 0. The zero-order chi connectivity index (χ0) is 11.2. The van der Waals surface area contributed by atoms with Gasteiger partial charge in [0.25, 0.3) is 0 Å². The SMILES string of the molecule is C=Cc1ccc(CN2CCCCCC2)cc1. The molecular weight excluding hydrogens is 194 g/mol. The van der Waals surface area contributed by atoms with Crippen LogP contribution in [0.1, 0.15) is 36.8 Å². The van der Waals surface area contributed by atoms with E-state index in [4.69, 9.17) is 0 Å². The minimum atomic E-state index is 1.11. The fourth-order valence-electron chi connectivity index (χ4n) is 2.31. The predicted molar refractivity (Wildman–Crippen MR) is 70.3 cm³/mol. The Balaban J connectivity index is 1.93. The fourth-order valence-corrected chi connectivity index (χ4v) is 2.31. The molecule has 16 heavy (non-hydrogen) atoms. The second kappa shape index (κ2) is 5.86. The molecule has 0 aromatic heterocycles. The second-order valence-electron chi connectivity index (χ2n) is 4.64. The number of benzene rings is 1. The van der Waals surface area contributed by atoms with Crippen LogP contribution in [0.15, 0.2) is 30.8 Å². The van der Waals surface area contributed by atoms with Gasteiger partial charge in [0, 0.05) is 6.54 Å². The molecule has 0 spiro atoms. The number of hydrogen-bond donors (Lipinski definition) is 0. The molecule has 1 aromatic carbocycles. The van der Waals surface area contributed by atoms with E-state index in [1.807, 2.05) is 6.08 Å². The molecule has 1 aliphatic rings. The van der Waals surface area contributed by atoms with Gasteiger partial charge in [-0.15, -0.1) is 0 Å². The summed E-state index contributed by atoms with van der Waals surface area (Å²) in [6.07, 6.45) is 7.45. The molecular formula is C15H21N. The van der Waals surface area contributed by atoms with Crippen LogP contribution >= 0.6 is 0 Å². The van der Waals surface area contributed by atoms with Crippen molar-refractivity contribution in [2.45, 2.75) is 32.2 Å². The van der Waals surface area contributed by atoms with E-state index in [2.05, 4.69) is 35.7 Å². The van der Waals surface area contributed by atoms with Crippen LogP contribution in [0.5, 0.6) is 0 Å². The summed E-state index contributed by atoms with van der Waals surface area (Å²) >= 11 is 0. The average molecular weight is 215 g/mol. The van der Waals surface area contributed by atoms with E-state index in [1.54, 1.807) is 0 Å². The zero-order valence-electron chi connectivity index (χ0n) is 9.99. The van der Waals surface area contributed by atoms with Crippen LogP contribution in [-0.2, 0) is 6.54 Å². The standard InChI is InChI=1S/C15H21N/c1-2-14-7-9-15(10-8-14)13-16-11-5-3-4-6-12-16/h2,7-10H,1,3-6,11-13H2. The Kier molecular flexibility index (Phi) is 4.17. The number of hydrogen-bond acceptors (Lipinski definition) is 1. The fraction of sp³-hybridized carbons (Fsp3) is 0.467. The Morgan fingerprint density at radius 1 is 1.00 bits per heavy atom.